The summed E-state index contributed by atoms with van der Waals surface area (Å²) in [6, 6.07) is 18.6. The molecule has 0 saturated carbocycles. The second kappa shape index (κ2) is 9.45. The van der Waals surface area contributed by atoms with Gasteiger partial charge in [-0.3, -0.25) is 19.3 Å². The summed E-state index contributed by atoms with van der Waals surface area (Å²) in [4.78, 5) is 42.5. The number of amides is 3. The van der Waals surface area contributed by atoms with Crippen LogP contribution in [0.1, 0.15) is 41.8 Å². The molecule has 0 radical (unpaired) electrons. The first kappa shape index (κ1) is 22.5. The van der Waals surface area contributed by atoms with Crippen LogP contribution >= 0.6 is 0 Å². The third kappa shape index (κ3) is 4.46. The summed E-state index contributed by atoms with van der Waals surface area (Å²) in [5.74, 6) is -0.656. The summed E-state index contributed by atoms with van der Waals surface area (Å²) in [6.45, 7) is 6.45. The van der Waals surface area contributed by atoms with E-state index in [2.05, 4.69) is 5.32 Å². The van der Waals surface area contributed by atoms with Gasteiger partial charge in [0.25, 0.3) is 5.91 Å². The molecule has 1 heterocycles. The van der Waals surface area contributed by atoms with Crippen LogP contribution in [0.2, 0.25) is 0 Å². The van der Waals surface area contributed by atoms with Crippen LogP contribution in [0.15, 0.2) is 60.7 Å². The highest BCUT2D eigenvalue weighted by molar-refractivity contribution is 6.26. The molecule has 0 saturated heterocycles. The van der Waals surface area contributed by atoms with Gasteiger partial charge in [-0.05, 0) is 43.4 Å². The topological polar surface area (TPSA) is 69.7 Å². The van der Waals surface area contributed by atoms with Crippen molar-refractivity contribution < 1.29 is 14.4 Å². The van der Waals surface area contributed by atoms with E-state index in [0.29, 0.717) is 18.7 Å². The number of aryl methyl sites for hydroxylation is 1. The molecule has 3 aromatic rings. The minimum absolute atomic E-state index is 0.121. The first-order valence-electron chi connectivity index (χ1n) is 11.4. The second-order valence-electron chi connectivity index (χ2n) is 8.55. The predicted molar refractivity (Wildman–Crippen MR) is 130 cm³/mol. The van der Waals surface area contributed by atoms with Crippen LogP contribution < -0.4 is 10.2 Å². The Morgan fingerprint density at radius 3 is 2.42 bits per heavy atom. The minimum atomic E-state index is -0.666. The van der Waals surface area contributed by atoms with Gasteiger partial charge in [0.1, 0.15) is 12.6 Å². The minimum Gasteiger partial charge on any atom is -0.354 e. The Morgan fingerprint density at radius 1 is 1.03 bits per heavy atom. The molecule has 0 bridgehead atoms. The maximum atomic E-state index is 13.6. The van der Waals surface area contributed by atoms with Gasteiger partial charge in [-0.15, -0.1) is 0 Å². The predicted octanol–water partition coefficient (Wildman–Crippen LogP) is 4.05. The molecule has 1 atom stereocenters. The third-order valence-electron chi connectivity index (χ3n) is 6.13. The van der Waals surface area contributed by atoms with Gasteiger partial charge in [0.15, 0.2) is 0 Å². The number of benzene rings is 3. The van der Waals surface area contributed by atoms with E-state index in [1.807, 2.05) is 68.4 Å². The standard InChI is InChI=1S/C27H29N3O3/c1-4-15-28-26(32)19(3)29(16-20-13-11-18(2)12-14-20)24(31)17-30-23-10-6-8-21-7-5-9-22(25(21)23)27(30)33/h5-14,19H,4,15-17H2,1-3H3,(H,28,32)/t19-/m1/s1. The molecule has 1 N–H and O–H groups in total. The van der Waals surface area contributed by atoms with Crippen LogP contribution in [0.5, 0.6) is 0 Å². The number of hydrogen-bond donors (Lipinski definition) is 1. The van der Waals surface area contributed by atoms with E-state index in [4.69, 9.17) is 0 Å². The molecule has 1 aliphatic rings. The lowest BCUT2D eigenvalue weighted by molar-refractivity contribution is -0.139. The summed E-state index contributed by atoms with van der Waals surface area (Å²) in [5, 5.41) is 4.72. The van der Waals surface area contributed by atoms with E-state index >= 15 is 0 Å². The number of hydrogen-bond acceptors (Lipinski definition) is 3. The van der Waals surface area contributed by atoms with Gasteiger partial charge in [0.2, 0.25) is 11.8 Å². The average molecular weight is 444 g/mol. The molecule has 4 rings (SSSR count). The Bertz CT molecular complexity index is 1200. The smallest absolute Gasteiger partial charge is 0.259 e. The molecule has 3 aromatic carbocycles. The van der Waals surface area contributed by atoms with Gasteiger partial charge < -0.3 is 10.2 Å². The number of nitrogens with one attached hydrogen (secondary N) is 1. The molecule has 3 amide bonds. The van der Waals surface area contributed by atoms with Crippen molar-refractivity contribution in [3.8, 4) is 0 Å². The highest BCUT2D eigenvalue weighted by atomic mass is 16.2. The number of rotatable bonds is 8. The number of carbonyl (C=O) groups excluding carboxylic acids is 3. The molecular formula is C27H29N3O3. The first-order chi connectivity index (χ1) is 15.9. The van der Waals surface area contributed by atoms with E-state index in [0.717, 1.165) is 34.0 Å². The highest BCUT2D eigenvalue weighted by Gasteiger charge is 2.34. The monoisotopic (exact) mass is 443 g/mol. The lowest BCUT2D eigenvalue weighted by atomic mass is 10.1. The Morgan fingerprint density at radius 2 is 1.73 bits per heavy atom. The Labute approximate surface area is 194 Å². The second-order valence-corrected chi connectivity index (χ2v) is 8.55. The maximum absolute atomic E-state index is 13.6. The third-order valence-corrected chi connectivity index (χ3v) is 6.13. The summed E-state index contributed by atoms with van der Waals surface area (Å²) >= 11 is 0. The van der Waals surface area contributed by atoms with Crippen LogP contribution in [0.25, 0.3) is 10.8 Å². The summed E-state index contributed by atoms with van der Waals surface area (Å²) in [5.41, 5.74) is 3.40. The Kier molecular flexibility index (Phi) is 6.45. The van der Waals surface area contributed by atoms with Crippen molar-refractivity contribution in [3.63, 3.8) is 0 Å². The molecule has 0 unspecified atom stereocenters. The first-order valence-corrected chi connectivity index (χ1v) is 11.4. The van der Waals surface area contributed by atoms with Crippen LogP contribution in [0.3, 0.4) is 0 Å². The molecule has 6 heteroatoms. The zero-order valence-corrected chi connectivity index (χ0v) is 19.3. The Balaban J connectivity index is 1.61. The van der Waals surface area contributed by atoms with Crippen molar-refractivity contribution in [2.24, 2.45) is 0 Å². The molecular weight excluding hydrogens is 414 g/mol. The van der Waals surface area contributed by atoms with Gasteiger partial charge in [-0.1, -0.05) is 61.0 Å². The van der Waals surface area contributed by atoms with E-state index < -0.39 is 6.04 Å². The molecule has 0 spiro atoms. The molecule has 1 aliphatic heterocycles. The van der Waals surface area contributed by atoms with E-state index in [9.17, 15) is 14.4 Å². The molecule has 0 fully saturated rings. The van der Waals surface area contributed by atoms with Crippen LogP contribution in [-0.4, -0.2) is 41.8 Å². The van der Waals surface area contributed by atoms with Gasteiger partial charge in [0.05, 0.1) is 5.69 Å². The van der Waals surface area contributed by atoms with Crippen LogP contribution in [0, 0.1) is 6.92 Å². The van der Waals surface area contributed by atoms with Gasteiger partial charge in [-0.2, -0.15) is 0 Å². The van der Waals surface area contributed by atoms with Crippen molar-refractivity contribution in [2.45, 2.75) is 39.8 Å². The normalized spacial score (nSPS) is 13.3. The van der Waals surface area contributed by atoms with E-state index in [-0.39, 0.29) is 24.3 Å². The largest absolute Gasteiger partial charge is 0.354 e. The lowest BCUT2D eigenvalue weighted by Gasteiger charge is -2.30. The zero-order chi connectivity index (χ0) is 23.5. The fraction of sp³-hybridized carbons (Fsp3) is 0.296. The Hall–Kier alpha value is -3.67. The van der Waals surface area contributed by atoms with Crippen molar-refractivity contribution >= 4 is 34.2 Å². The molecule has 0 aromatic heterocycles. The fourth-order valence-corrected chi connectivity index (χ4v) is 4.23. The number of carbonyl (C=O) groups is 3. The van der Waals surface area contributed by atoms with Gasteiger partial charge >= 0.3 is 0 Å². The highest BCUT2D eigenvalue weighted by Crippen LogP contribution is 2.37. The quantitative estimate of drug-likeness (QED) is 0.571. The van der Waals surface area contributed by atoms with E-state index in [1.54, 1.807) is 17.9 Å². The van der Waals surface area contributed by atoms with E-state index in [1.165, 1.54) is 4.90 Å². The summed E-state index contributed by atoms with van der Waals surface area (Å²) in [6.07, 6.45) is 0.814. The number of anilines is 1. The van der Waals surface area contributed by atoms with Crippen molar-refractivity contribution in [2.75, 3.05) is 18.0 Å². The van der Waals surface area contributed by atoms with Gasteiger partial charge in [0, 0.05) is 24.0 Å². The fourth-order valence-electron chi connectivity index (χ4n) is 4.23. The average Bonchev–Trinajstić information content (AvgIpc) is 3.09. The maximum Gasteiger partial charge on any atom is 0.259 e. The van der Waals surface area contributed by atoms with Crippen molar-refractivity contribution in [1.82, 2.24) is 10.2 Å². The molecule has 0 aliphatic carbocycles. The lowest BCUT2D eigenvalue weighted by Crippen LogP contribution is -2.51. The van der Waals surface area contributed by atoms with Gasteiger partial charge in [-0.25, -0.2) is 0 Å². The summed E-state index contributed by atoms with van der Waals surface area (Å²) in [7, 11) is 0. The molecule has 33 heavy (non-hydrogen) atoms. The zero-order valence-electron chi connectivity index (χ0n) is 19.3. The van der Waals surface area contributed by atoms with Crippen molar-refractivity contribution in [1.29, 1.82) is 0 Å². The van der Waals surface area contributed by atoms with Crippen LogP contribution in [-0.2, 0) is 16.1 Å². The van der Waals surface area contributed by atoms with Crippen molar-refractivity contribution in [3.05, 3.63) is 77.4 Å². The molecule has 170 valence electrons. The number of nitrogens with zero attached hydrogens (tertiary/aromatic N) is 2. The van der Waals surface area contributed by atoms with Crippen LogP contribution in [0.4, 0.5) is 5.69 Å². The summed E-state index contributed by atoms with van der Waals surface area (Å²) < 4.78 is 0. The molecule has 6 nitrogen and oxygen atoms in total. The SMILES string of the molecule is CCCNC(=O)[C@@H](C)N(Cc1ccc(C)cc1)C(=O)CN1C(=O)c2cccc3cccc1c23.